The molecule has 2 N–H and O–H groups in total. The Bertz CT molecular complexity index is 1170. The molecule has 1 atom stereocenters. The number of rotatable bonds is 3. The first-order valence-corrected chi connectivity index (χ1v) is 10.9. The van der Waals surface area contributed by atoms with Gasteiger partial charge in [-0.3, -0.25) is 0 Å². The maximum Gasteiger partial charge on any atom is 0.455 e. The van der Waals surface area contributed by atoms with Crippen molar-refractivity contribution in [2.75, 3.05) is 0 Å². The van der Waals surface area contributed by atoms with Crippen molar-refractivity contribution in [3.8, 4) is 0 Å². The third kappa shape index (κ3) is 2.39. The predicted octanol–water partition coefficient (Wildman–Crippen LogP) is 0.180. The molecule has 0 amide bonds. The molecule has 0 bridgehead atoms. The monoisotopic (exact) mass is 409 g/mol. The highest BCUT2D eigenvalue weighted by atomic mass is 32.3. The second kappa shape index (κ2) is 5.20. The summed E-state index contributed by atoms with van der Waals surface area (Å²) in [7, 11) is -17.2. The van der Waals surface area contributed by atoms with Gasteiger partial charge in [-0.25, -0.2) is 17.5 Å². The first-order chi connectivity index (χ1) is 11.3. The van der Waals surface area contributed by atoms with Gasteiger partial charge >= 0.3 is 20.6 Å². The molecular formula is C12H11NO9S3. The van der Waals surface area contributed by atoms with Crippen molar-refractivity contribution in [2.24, 2.45) is 0 Å². The number of fused-ring (bicyclic) bond motifs is 3. The molecule has 0 radical (unpaired) electrons. The summed E-state index contributed by atoms with van der Waals surface area (Å²) in [5, 5.41) is -2.42. The van der Waals surface area contributed by atoms with Crippen molar-refractivity contribution in [3.63, 3.8) is 0 Å². The summed E-state index contributed by atoms with van der Waals surface area (Å²) >= 11 is 0. The Hall–Kier alpha value is -1.61. The van der Waals surface area contributed by atoms with Crippen LogP contribution >= 0.6 is 0 Å². The van der Waals surface area contributed by atoms with Crippen LogP contribution in [0.5, 0.6) is 0 Å². The molecule has 1 aliphatic heterocycles. The Morgan fingerprint density at radius 3 is 2.00 bits per heavy atom. The number of nitrogens with zero attached hydrogens (tertiary/aromatic N) is 1. The van der Waals surface area contributed by atoms with Crippen molar-refractivity contribution in [1.82, 2.24) is 3.29 Å². The lowest BCUT2D eigenvalue weighted by molar-refractivity contribution is 0.358. The van der Waals surface area contributed by atoms with E-state index in [4.69, 9.17) is 0 Å². The first kappa shape index (κ1) is 18.2. The van der Waals surface area contributed by atoms with E-state index in [1.807, 2.05) is 0 Å². The van der Waals surface area contributed by atoms with Crippen molar-refractivity contribution in [1.29, 1.82) is 0 Å². The molecule has 2 aromatic rings. The molecule has 3 rings (SSSR count). The molecule has 136 valence electrons. The van der Waals surface area contributed by atoms with Crippen molar-refractivity contribution < 1.29 is 38.9 Å². The van der Waals surface area contributed by atoms with E-state index >= 15 is 0 Å². The normalized spacial score (nSPS) is 20.5. The van der Waals surface area contributed by atoms with Crippen LogP contribution < -0.4 is 3.29 Å². The van der Waals surface area contributed by atoms with E-state index in [1.54, 1.807) is 6.07 Å². The second-order valence-corrected chi connectivity index (χ2v) is 10.1. The third-order valence-electron chi connectivity index (χ3n) is 4.09. The van der Waals surface area contributed by atoms with Gasteiger partial charge in [-0.1, -0.05) is 30.3 Å². The van der Waals surface area contributed by atoms with Crippen LogP contribution in [-0.2, 0) is 37.1 Å². The zero-order chi connectivity index (χ0) is 18.8. The third-order valence-corrected chi connectivity index (χ3v) is 8.88. The van der Waals surface area contributed by atoms with Gasteiger partial charge < -0.3 is 4.55 Å². The Labute approximate surface area is 143 Å². The van der Waals surface area contributed by atoms with E-state index in [0.717, 1.165) is 0 Å². The maximum atomic E-state index is 12.1. The van der Waals surface area contributed by atoms with Gasteiger partial charge in [-0.05, 0) is 14.7 Å². The van der Waals surface area contributed by atoms with Gasteiger partial charge in [0.25, 0.3) is 0 Å². The maximum absolute atomic E-state index is 12.1. The molecule has 1 heterocycles. The van der Waals surface area contributed by atoms with Gasteiger partial charge in [0.15, 0.2) is 15.8 Å². The predicted molar refractivity (Wildman–Crippen MR) is 86.0 cm³/mol. The Balaban J connectivity index is 2.66. The fraction of sp³-hybridized carbons (Fsp3) is 0.167. The van der Waals surface area contributed by atoms with Crippen LogP contribution in [0.2, 0.25) is 0 Å². The average Bonchev–Trinajstić information content (AvgIpc) is 2.83. The Morgan fingerprint density at radius 1 is 0.920 bits per heavy atom. The minimum absolute atomic E-state index is 0.0404. The lowest BCUT2D eigenvalue weighted by Crippen LogP contribution is -2.64. The summed E-state index contributed by atoms with van der Waals surface area (Å²) in [5.41, 5.74) is -0.800. The van der Waals surface area contributed by atoms with Crippen LogP contribution in [0.15, 0.2) is 36.4 Å². The quantitative estimate of drug-likeness (QED) is 0.531. The van der Waals surface area contributed by atoms with Crippen LogP contribution in [0, 0.1) is 0 Å². The highest BCUT2D eigenvalue weighted by molar-refractivity contribution is 8.03. The number of quaternary nitrogens is 1. The highest BCUT2D eigenvalue weighted by Gasteiger charge is 2.68. The number of hydrogen-bond acceptors (Lipinski definition) is 7. The van der Waals surface area contributed by atoms with Gasteiger partial charge in [0.05, 0.1) is 0 Å². The molecule has 13 heteroatoms. The second-order valence-electron chi connectivity index (χ2n) is 5.44. The lowest BCUT2D eigenvalue weighted by Gasteiger charge is -2.32. The van der Waals surface area contributed by atoms with E-state index < -0.39 is 51.5 Å². The van der Waals surface area contributed by atoms with Crippen molar-refractivity contribution >= 4 is 47.2 Å². The molecule has 0 fully saturated rings. The van der Waals surface area contributed by atoms with Gasteiger partial charge in [0.1, 0.15) is 0 Å². The van der Waals surface area contributed by atoms with E-state index in [2.05, 4.69) is 0 Å². The largest absolute Gasteiger partial charge is 0.743 e. The van der Waals surface area contributed by atoms with Gasteiger partial charge in [0.2, 0.25) is 5.37 Å². The lowest BCUT2D eigenvalue weighted by atomic mass is 10.0. The molecule has 10 nitrogen and oxygen atoms in total. The summed E-state index contributed by atoms with van der Waals surface area (Å²) in [5.74, 6) is 0. The van der Waals surface area contributed by atoms with Gasteiger partial charge in [-0.2, -0.15) is 0 Å². The summed E-state index contributed by atoms with van der Waals surface area (Å²) in [6.45, 7) is 0. The first-order valence-electron chi connectivity index (χ1n) is 6.61. The highest BCUT2D eigenvalue weighted by Crippen LogP contribution is 2.49. The van der Waals surface area contributed by atoms with E-state index in [-0.39, 0.29) is 10.9 Å². The van der Waals surface area contributed by atoms with Crippen LogP contribution in [0.3, 0.4) is 0 Å². The van der Waals surface area contributed by atoms with E-state index in [9.17, 15) is 38.9 Å². The molecule has 1 unspecified atom stereocenters. The minimum atomic E-state index is -5.84. The van der Waals surface area contributed by atoms with Gasteiger partial charge in [0, 0.05) is 17.4 Å². The smallest absolute Gasteiger partial charge is 0.455 e. The molecule has 0 aliphatic carbocycles. The fourth-order valence-electron chi connectivity index (χ4n) is 3.20. The topological polar surface area (TPSA) is 166 Å². The number of benzene rings is 2. The zero-order valence-electron chi connectivity index (χ0n) is 12.2. The average molecular weight is 409 g/mol. The molecule has 1 aliphatic rings. The summed E-state index contributed by atoms with van der Waals surface area (Å²) in [6.07, 6.45) is -0.814. The van der Waals surface area contributed by atoms with Crippen molar-refractivity contribution in [3.05, 3.63) is 42.0 Å². The van der Waals surface area contributed by atoms with E-state index in [1.165, 1.54) is 30.3 Å². The summed E-state index contributed by atoms with van der Waals surface area (Å²) < 4.78 is 99.6. The molecule has 0 saturated carbocycles. The van der Waals surface area contributed by atoms with Crippen LogP contribution in [-0.4, -0.2) is 44.3 Å². The molecule has 2 aromatic carbocycles. The Morgan fingerprint density at radius 2 is 1.48 bits per heavy atom. The molecule has 25 heavy (non-hydrogen) atoms. The standard InChI is InChI=1S/C12H11NO9S3/c14-23(15,16)11-7-9-6-5-8-3-1-2-4-10(8)12(9)13(11,24(17,18)19)25(20,21)22/h1-6,11H,7H2,(H2-,14,15,16,17,18,19,20,21,22). The Kier molecular flexibility index (Phi) is 3.78. The van der Waals surface area contributed by atoms with Crippen molar-refractivity contribution in [2.45, 2.75) is 11.8 Å². The number of hydrogen-bond donors (Lipinski definition) is 2. The molecular weight excluding hydrogens is 398 g/mol. The SMILES string of the molecule is O=S(=O)([O-])C1Cc2ccc3ccccc3c2[N+]1(S(=O)(=O)O)S(=O)(=O)O. The molecule has 0 saturated heterocycles. The minimum Gasteiger partial charge on any atom is -0.743 e. The fourth-order valence-corrected chi connectivity index (χ4v) is 7.91. The summed E-state index contributed by atoms with van der Waals surface area (Å²) in [4.78, 5) is 0. The van der Waals surface area contributed by atoms with Gasteiger partial charge in [-0.15, -0.1) is 16.8 Å². The van der Waals surface area contributed by atoms with Crippen LogP contribution in [0.25, 0.3) is 10.8 Å². The van der Waals surface area contributed by atoms with Crippen LogP contribution in [0.4, 0.5) is 5.69 Å². The molecule has 0 aromatic heterocycles. The summed E-state index contributed by atoms with van der Waals surface area (Å²) in [6, 6.07) is 8.46. The molecule has 0 spiro atoms. The van der Waals surface area contributed by atoms with E-state index in [0.29, 0.717) is 5.39 Å². The van der Waals surface area contributed by atoms with Crippen LogP contribution in [0.1, 0.15) is 5.56 Å². The zero-order valence-corrected chi connectivity index (χ0v) is 14.6.